The van der Waals surface area contributed by atoms with Crippen LogP contribution in [-0.2, 0) is 4.79 Å². The summed E-state index contributed by atoms with van der Waals surface area (Å²) < 4.78 is 0. The molecular formula is C15H29N3O. The molecule has 0 aromatic heterocycles. The molecule has 0 aliphatic heterocycles. The molecule has 0 aromatic carbocycles. The van der Waals surface area contributed by atoms with Gasteiger partial charge in [-0.25, -0.2) is 0 Å². The number of nitrogens with zero attached hydrogens (tertiary/aromatic N) is 1. The third kappa shape index (κ3) is 4.46. The van der Waals surface area contributed by atoms with Crippen molar-refractivity contribution >= 4 is 5.91 Å². The Hall–Kier alpha value is -0.610. The van der Waals surface area contributed by atoms with Gasteiger partial charge in [-0.15, -0.1) is 0 Å². The van der Waals surface area contributed by atoms with E-state index in [1.807, 2.05) is 0 Å². The lowest BCUT2D eigenvalue weighted by Crippen LogP contribution is -2.49. The second kappa shape index (κ2) is 7.25. The molecule has 0 aromatic rings. The number of hydrogen-bond acceptors (Lipinski definition) is 3. The van der Waals surface area contributed by atoms with Crippen molar-refractivity contribution in [2.75, 3.05) is 26.2 Å². The highest BCUT2D eigenvalue weighted by Crippen LogP contribution is 2.28. The Bertz CT molecular complexity index is 291. The Labute approximate surface area is 117 Å². The fourth-order valence-corrected chi connectivity index (χ4v) is 3.23. The summed E-state index contributed by atoms with van der Waals surface area (Å²) in [5.74, 6) is 1.52. The van der Waals surface area contributed by atoms with Crippen molar-refractivity contribution in [3.63, 3.8) is 0 Å². The third-order valence-electron chi connectivity index (χ3n) is 4.68. The van der Waals surface area contributed by atoms with Crippen LogP contribution in [0.25, 0.3) is 0 Å². The van der Waals surface area contributed by atoms with Crippen LogP contribution in [0.5, 0.6) is 0 Å². The van der Waals surface area contributed by atoms with Gasteiger partial charge in [0, 0.05) is 12.6 Å². The lowest BCUT2D eigenvalue weighted by atomic mass is 9.83. The quantitative estimate of drug-likeness (QED) is 0.732. The average Bonchev–Trinajstić information content (AvgIpc) is 3.26. The molecule has 110 valence electrons. The summed E-state index contributed by atoms with van der Waals surface area (Å²) in [6.07, 6.45) is 7.57. The van der Waals surface area contributed by atoms with Crippen molar-refractivity contribution < 1.29 is 4.79 Å². The SMILES string of the molecule is CCN(CC(=O)NCC1CC1)C1CCCCC1CN. The minimum Gasteiger partial charge on any atom is -0.355 e. The summed E-state index contributed by atoms with van der Waals surface area (Å²) in [6.45, 7) is 5.27. The van der Waals surface area contributed by atoms with E-state index in [4.69, 9.17) is 5.73 Å². The maximum Gasteiger partial charge on any atom is 0.234 e. The highest BCUT2D eigenvalue weighted by Gasteiger charge is 2.29. The number of nitrogens with two attached hydrogens (primary N) is 1. The molecule has 0 spiro atoms. The molecule has 3 N–H and O–H groups in total. The van der Waals surface area contributed by atoms with E-state index in [2.05, 4.69) is 17.1 Å². The number of amides is 1. The van der Waals surface area contributed by atoms with Gasteiger partial charge in [-0.05, 0) is 50.6 Å². The Morgan fingerprint density at radius 2 is 2.00 bits per heavy atom. The van der Waals surface area contributed by atoms with Crippen LogP contribution in [0, 0.1) is 11.8 Å². The van der Waals surface area contributed by atoms with E-state index >= 15 is 0 Å². The van der Waals surface area contributed by atoms with Crippen LogP contribution in [0.4, 0.5) is 0 Å². The Kier molecular flexibility index (Phi) is 5.64. The molecule has 4 nitrogen and oxygen atoms in total. The molecule has 2 saturated carbocycles. The van der Waals surface area contributed by atoms with E-state index in [0.717, 1.165) is 25.6 Å². The van der Waals surface area contributed by atoms with Crippen LogP contribution in [0.1, 0.15) is 45.4 Å². The fourth-order valence-electron chi connectivity index (χ4n) is 3.23. The summed E-state index contributed by atoms with van der Waals surface area (Å²) in [7, 11) is 0. The molecule has 19 heavy (non-hydrogen) atoms. The molecule has 2 rings (SSSR count). The second-order valence-electron chi connectivity index (χ2n) is 6.16. The van der Waals surface area contributed by atoms with E-state index in [-0.39, 0.29) is 5.91 Å². The number of nitrogens with one attached hydrogen (secondary N) is 1. The van der Waals surface area contributed by atoms with E-state index in [9.17, 15) is 4.79 Å². The van der Waals surface area contributed by atoms with Crippen LogP contribution >= 0.6 is 0 Å². The minimum atomic E-state index is 0.190. The number of carbonyl (C=O) groups is 1. The Morgan fingerprint density at radius 3 is 2.63 bits per heavy atom. The molecule has 0 saturated heterocycles. The van der Waals surface area contributed by atoms with Gasteiger partial charge >= 0.3 is 0 Å². The molecule has 1 amide bonds. The molecule has 0 radical (unpaired) electrons. The summed E-state index contributed by atoms with van der Waals surface area (Å²) in [4.78, 5) is 14.3. The van der Waals surface area contributed by atoms with E-state index in [0.29, 0.717) is 18.5 Å². The maximum absolute atomic E-state index is 12.0. The molecule has 2 atom stereocenters. The van der Waals surface area contributed by atoms with Gasteiger partial charge in [0.25, 0.3) is 0 Å². The first-order chi connectivity index (χ1) is 9.24. The number of hydrogen-bond donors (Lipinski definition) is 2. The maximum atomic E-state index is 12.0. The molecule has 2 aliphatic rings. The first-order valence-corrected chi connectivity index (χ1v) is 7.95. The zero-order valence-corrected chi connectivity index (χ0v) is 12.2. The Balaban J connectivity index is 1.80. The summed E-state index contributed by atoms with van der Waals surface area (Å²) in [5, 5.41) is 3.07. The van der Waals surface area contributed by atoms with Gasteiger partial charge < -0.3 is 11.1 Å². The molecule has 2 aliphatic carbocycles. The van der Waals surface area contributed by atoms with Crippen molar-refractivity contribution in [1.29, 1.82) is 0 Å². The van der Waals surface area contributed by atoms with Gasteiger partial charge in [-0.2, -0.15) is 0 Å². The van der Waals surface area contributed by atoms with Crippen molar-refractivity contribution in [3.8, 4) is 0 Å². The Morgan fingerprint density at radius 1 is 1.26 bits per heavy atom. The lowest BCUT2D eigenvalue weighted by Gasteiger charge is -2.38. The van der Waals surface area contributed by atoms with E-state index < -0.39 is 0 Å². The van der Waals surface area contributed by atoms with Gasteiger partial charge in [0.05, 0.1) is 6.54 Å². The zero-order valence-electron chi connectivity index (χ0n) is 12.2. The van der Waals surface area contributed by atoms with Gasteiger partial charge in [0.15, 0.2) is 0 Å². The fraction of sp³-hybridized carbons (Fsp3) is 0.933. The van der Waals surface area contributed by atoms with Crippen LogP contribution in [0.15, 0.2) is 0 Å². The van der Waals surface area contributed by atoms with Crippen LogP contribution in [0.3, 0.4) is 0 Å². The predicted octanol–water partition coefficient (Wildman–Crippen LogP) is 1.35. The molecule has 0 bridgehead atoms. The van der Waals surface area contributed by atoms with Crippen LogP contribution in [-0.4, -0.2) is 43.0 Å². The molecular weight excluding hydrogens is 238 g/mol. The second-order valence-corrected chi connectivity index (χ2v) is 6.16. The van der Waals surface area contributed by atoms with Crippen molar-refractivity contribution in [2.24, 2.45) is 17.6 Å². The van der Waals surface area contributed by atoms with E-state index in [1.165, 1.54) is 38.5 Å². The highest BCUT2D eigenvalue weighted by atomic mass is 16.2. The summed E-state index contributed by atoms with van der Waals surface area (Å²) in [5.41, 5.74) is 5.90. The van der Waals surface area contributed by atoms with Gasteiger partial charge in [-0.3, -0.25) is 9.69 Å². The molecule has 2 fully saturated rings. The number of carbonyl (C=O) groups excluding carboxylic acids is 1. The van der Waals surface area contributed by atoms with Crippen molar-refractivity contribution in [3.05, 3.63) is 0 Å². The molecule has 0 heterocycles. The summed E-state index contributed by atoms with van der Waals surface area (Å²) in [6, 6.07) is 0.510. The highest BCUT2D eigenvalue weighted by molar-refractivity contribution is 5.78. The first-order valence-electron chi connectivity index (χ1n) is 7.95. The van der Waals surface area contributed by atoms with Crippen molar-refractivity contribution in [2.45, 2.75) is 51.5 Å². The van der Waals surface area contributed by atoms with Gasteiger partial charge in [0.2, 0.25) is 5.91 Å². The van der Waals surface area contributed by atoms with Crippen LogP contribution in [0.2, 0.25) is 0 Å². The molecule has 2 unspecified atom stereocenters. The van der Waals surface area contributed by atoms with Gasteiger partial charge in [-0.1, -0.05) is 19.8 Å². The standard InChI is InChI=1S/C15H29N3O/c1-2-18(11-15(19)17-10-12-7-8-12)14-6-4-3-5-13(14)9-16/h12-14H,2-11,16H2,1H3,(H,17,19). The zero-order chi connectivity index (χ0) is 13.7. The van der Waals surface area contributed by atoms with Crippen LogP contribution < -0.4 is 11.1 Å². The minimum absolute atomic E-state index is 0.190. The largest absolute Gasteiger partial charge is 0.355 e. The van der Waals surface area contributed by atoms with Crippen molar-refractivity contribution in [1.82, 2.24) is 10.2 Å². The molecule has 4 heteroatoms. The average molecular weight is 267 g/mol. The normalized spacial score (nSPS) is 27.5. The smallest absolute Gasteiger partial charge is 0.234 e. The summed E-state index contributed by atoms with van der Waals surface area (Å²) >= 11 is 0. The predicted molar refractivity (Wildman–Crippen MR) is 77.8 cm³/mol. The number of rotatable bonds is 7. The third-order valence-corrected chi connectivity index (χ3v) is 4.68. The lowest BCUT2D eigenvalue weighted by molar-refractivity contribution is -0.123. The topological polar surface area (TPSA) is 58.4 Å². The number of likely N-dealkylation sites (N-methyl/N-ethyl adjacent to an activating group) is 1. The monoisotopic (exact) mass is 267 g/mol. The van der Waals surface area contributed by atoms with Gasteiger partial charge in [0.1, 0.15) is 0 Å². The first kappa shape index (κ1) is 14.8. The van der Waals surface area contributed by atoms with E-state index in [1.54, 1.807) is 0 Å².